The van der Waals surface area contributed by atoms with Crippen LogP contribution < -0.4 is 5.32 Å². The van der Waals surface area contributed by atoms with Crippen molar-refractivity contribution in [2.75, 3.05) is 6.54 Å². The van der Waals surface area contributed by atoms with Crippen LogP contribution >= 0.6 is 31.9 Å². The van der Waals surface area contributed by atoms with Crippen molar-refractivity contribution >= 4 is 43.7 Å². The molecule has 1 aromatic heterocycles. The summed E-state index contributed by atoms with van der Waals surface area (Å²) in [5.41, 5.74) is 0.387. The highest BCUT2D eigenvalue weighted by atomic mass is 79.9. The van der Waals surface area contributed by atoms with E-state index in [0.29, 0.717) is 18.7 Å². The summed E-state index contributed by atoms with van der Waals surface area (Å²) in [5, 5.41) is 18.6. The van der Waals surface area contributed by atoms with Gasteiger partial charge in [0.25, 0.3) is 5.91 Å². The van der Waals surface area contributed by atoms with Gasteiger partial charge in [-0.25, -0.2) is 9.48 Å². The molecule has 110 valence electrons. The minimum Gasteiger partial charge on any atom is -0.476 e. The van der Waals surface area contributed by atoms with E-state index in [-0.39, 0.29) is 11.6 Å². The number of rotatable bonds is 5. The summed E-state index contributed by atoms with van der Waals surface area (Å²) in [7, 11) is 0. The average molecular weight is 418 g/mol. The molecule has 0 aliphatic rings. The largest absolute Gasteiger partial charge is 0.476 e. The second-order valence-corrected chi connectivity index (χ2v) is 5.92. The minimum absolute atomic E-state index is 0.128. The number of carbonyl (C=O) groups is 2. The molecule has 0 atom stereocenters. The first-order valence-electron chi connectivity index (χ1n) is 5.83. The predicted molar refractivity (Wildman–Crippen MR) is 81.2 cm³/mol. The van der Waals surface area contributed by atoms with Crippen molar-refractivity contribution in [1.29, 1.82) is 0 Å². The number of carbonyl (C=O) groups excluding carboxylic acids is 1. The van der Waals surface area contributed by atoms with Crippen LogP contribution in [0.5, 0.6) is 0 Å². The summed E-state index contributed by atoms with van der Waals surface area (Å²) >= 11 is 6.63. The molecule has 0 unspecified atom stereocenters. The van der Waals surface area contributed by atoms with Crippen LogP contribution in [0.4, 0.5) is 0 Å². The second-order valence-electron chi connectivity index (χ2n) is 4.09. The van der Waals surface area contributed by atoms with Crippen LogP contribution in [0.3, 0.4) is 0 Å². The Bertz CT molecular complexity index is 667. The van der Waals surface area contributed by atoms with Crippen molar-refractivity contribution in [3.05, 3.63) is 44.6 Å². The lowest BCUT2D eigenvalue weighted by molar-refractivity contribution is 0.0690. The predicted octanol–water partition coefficient (Wildman–Crippen LogP) is 1.93. The van der Waals surface area contributed by atoms with Crippen LogP contribution in [0, 0.1) is 0 Å². The Kier molecular flexibility index (Phi) is 5.07. The fraction of sp³-hybridized carbons (Fsp3) is 0.167. The maximum absolute atomic E-state index is 12.0. The lowest BCUT2D eigenvalue weighted by atomic mass is 10.2. The number of carboxylic acids is 1. The number of nitrogens with zero attached hydrogens (tertiary/aromatic N) is 3. The lowest BCUT2D eigenvalue weighted by Crippen LogP contribution is -2.27. The molecule has 0 saturated heterocycles. The van der Waals surface area contributed by atoms with Crippen LogP contribution in [0.2, 0.25) is 0 Å². The first kappa shape index (κ1) is 15.6. The molecule has 0 fully saturated rings. The number of carboxylic acid groups (broad SMARTS) is 1. The van der Waals surface area contributed by atoms with Gasteiger partial charge in [-0.3, -0.25) is 4.79 Å². The van der Waals surface area contributed by atoms with Crippen molar-refractivity contribution < 1.29 is 14.7 Å². The van der Waals surface area contributed by atoms with Crippen molar-refractivity contribution in [2.45, 2.75) is 6.54 Å². The monoisotopic (exact) mass is 416 g/mol. The van der Waals surface area contributed by atoms with Gasteiger partial charge in [-0.2, -0.15) is 0 Å². The fourth-order valence-corrected chi connectivity index (χ4v) is 2.87. The van der Waals surface area contributed by atoms with Crippen LogP contribution in [-0.4, -0.2) is 38.5 Å². The third-order valence-corrected chi connectivity index (χ3v) is 3.42. The highest BCUT2D eigenvalue weighted by molar-refractivity contribution is 9.11. The molecule has 0 radical (unpaired) electrons. The molecular weight excluding hydrogens is 408 g/mol. The summed E-state index contributed by atoms with van der Waals surface area (Å²) in [4.78, 5) is 22.6. The molecule has 7 nitrogen and oxygen atoms in total. The molecule has 1 heterocycles. The van der Waals surface area contributed by atoms with E-state index in [0.717, 1.165) is 8.95 Å². The molecule has 1 amide bonds. The van der Waals surface area contributed by atoms with Gasteiger partial charge in [0.2, 0.25) is 0 Å². The summed E-state index contributed by atoms with van der Waals surface area (Å²) in [6.45, 7) is 0.645. The van der Waals surface area contributed by atoms with E-state index in [9.17, 15) is 9.59 Å². The van der Waals surface area contributed by atoms with Gasteiger partial charge < -0.3 is 10.4 Å². The number of hydrogen-bond acceptors (Lipinski definition) is 4. The molecular formula is C12H10Br2N4O3. The van der Waals surface area contributed by atoms with E-state index in [4.69, 9.17) is 5.11 Å². The van der Waals surface area contributed by atoms with Gasteiger partial charge >= 0.3 is 5.97 Å². The number of halogens is 2. The van der Waals surface area contributed by atoms with Gasteiger partial charge in [0.1, 0.15) is 0 Å². The highest BCUT2D eigenvalue weighted by Crippen LogP contribution is 2.19. The standard InChI is InChI=1S/C12H10Br2N4O3/c13-8-3-7(4-9(14)5-8)11(19)15-1-2-18-6-10(12(20)21)16-17-18/h3-6H,1-2H2,(H,15,19)(H,20,21). The van der Waals surface area contributed by atoms with Gasteiger partial charge in [-0.15, -0.1) is 5.10 Å². The molecule has 0 aliphatic carbocycles. The van der Waals surface area contributed by atoms with E-state index in [1.165, 1.54) is 10.9 Å². The highest BCUT2D eigenvalue weighted by Gasteiger charge is 2.09. The number of aromatic carboxylic acids is 1. The molecule has 9 heteroatoms. The molecule has 0 spiro atoms. The number of hydrogen-bond donors (Lipinski definition) is 2. The molecule has 2 N–H and O–H groups in total. The zero-order chi connectivity index (χ0) is 15.4. The molecule has 2 rings (SSSR count). The molecule has 1 aromatic carbocycles. The van der Waals surface area contributed by atoms with E-state index in [1.54, 1.807) is 12.1 Å². The average Bonchev–Trinajstić information content (AvgIpc) is 2.86. The summed E-state index contributed by atoms with van der Waals surface area (Å²) in [6.07, 6.45) is 1.31. The number of benzene rings is 1. The maximum atomic E-state index is 12.0. The Morgan fingerprint density at radius 1 is 1.24 bits per heavy atom. The maximum Gasteiger partial charge on any atom is 0.358 e. The molecule has 0 bridgehead atoms. The topological polar surface area (TPSA) is 97.1 Å². The van der Waals surface area contributed by atoms with Crippen LogP contribution in [0.25, 0.3) is 0 Å². The molecule has 0 aliphatic heterocycles. The number of aromatic nitrogens is 3. The Balaban J connectivity index is 1.90. The number of nitrogens with one attached hydrogen (secondary N) is 1. The molecule has 2 aromatic rings. The Morgan fingerprint density at radius 3 is 2.48 bits per heavy atom. The fourth-order valence-electron chi connectivity index (χ4n) is 1.58. The van der Waals surface area contributed by atoms with Crippen LogP contribution in [-0.2, 0) is 6.54 Å². The first-order chi connectivity index (χ1) is 9.95. The van der Waals surface area contributed by atoms with Crippen molar-refractivity contribution in [1.82, 2.24) is 20.3 Å². The van der Waals surface area contributed by atoms with Crippen LogP contribution in [0.15, 0.2) is 33.3 Å². The van der Waals surface area contributed by atoms with Crippen molar-refractivity contribution in [3.8, 4) is 0 Å². The Labute approximate surface area is 136 Å². The molecule has 21 heavy (non-hydrogen) atoms. The van der Waals surface area contributed by atoms with E-state index >= 15 is 0 Å². The Morgan fingerprint density at radius 2 is 1.90 bits per heavy atom. The third kappa shape index (κ3) is 4.36. The quantitative estimate of drug-likeness (QED) is 0.774. The van der Waals surface area contributed by atoms with Crippen molar-refractivity contribution in [3.63, 3.8) is 0 Å². The lowest BCUT2D eigenvalue weighted by Gasteiger charge is -2.06. The van der Waals surface area contributed by atoms with Crippen molar-refractivity contribution in [2.24, 2.45) is 0 Å². The van der Waals surface area contributed by atoms with E-state index in [1.807, 2.05) is 6.07 Å². The van der Waals surface area contributed by atoms with Gasteiger partial charge in [0.15, 0.2) is 5.69 Å². The van der Waals surface area contributed by atoms with Crippen LogP contribution in [0.1, 0.15) is 20.8 Å². The SMILES string of the molecule is O=C(NCCn1cc(C(=O)O)nn1)c1cc(Br)cc(Br)c1. The van der Waals surface area contributed by atoms with E-state index < -0.39 is 5.97 Å². The Hall–Kier alpha value is -1.74. The second kappa shape index (κ2) is 6.81. The normalized spacial score (nSPS) is 10.4. The smallest absolute Gasteiger partial charge is 0.358 e. The number of amides is 1. The van der Waals surface area contributed by atoms with Gasteiger partial charge in [0.05, 0.1) is 12.7 Å². The van der Waals surface area contributed by atoms with Gasteiger partial charge in [0, 0.05) is 21.1 Å². The zero-order valence-electron chi connectivity index (χ0n) is 10.6. The van der Waals surface area contributed by atoms with Gasteiger partial charge in [-0.1, -0.05) is 37.1 Å². The van der Waals surface area contributed by atoms with Gasteiger partial charge in [-0.05, 0) is 18.2 Å². The zero-order valence-corrected chi connectivity index (χ0v) is 13.8. The first-order valence-corrected chi connectivity index (χ1v) is 7.42. The minimum atomic E-state index is -1.13. The van der Waals surface area contributed by atoms with E-state index in [2.05, 4.69) is 47.5 Å². The summed E-state index contributed by atoms with van der Waals surface area (Å²) in [6, 6.07) is 5.25. The summed E-state index contributed by atoms with van der Waals surface area (Å²) in [5.74, 6) is -1.36. The third-order valence-electron chi connectivity index (χ3n) is 2.51. The molecule has 0 saturated carbocycles. The summed E-state index contributed by atoms with van der Waals surface area (Å²) < 4.78 is 2.95.